The molecule has 0 aliphatic carbocycles. The summed E-state index contributed by atoms with van der Waals surface area (Å²) in [4.78, 5) is 12.7. The number of rotatable bonds is 8. The predicted octanol–water partition coefficient (Wildman–Crippen LogP) is 3.96. The van der Waals surface area contributed by atoms with E-state index in [1.54, 1.807) is 20.4 Å². The fraction of sp³-hybridized carbons (Fsp3) is 0.231. The van der Waals surface area contributed by atoms with E-state index in [0.717, 1.165) is 44.5 Å². The smallest absolute Gasteiger partial charge is 0.257 e. The van der Waals surface area contributed by atoms with Crippen LogP contribution in [0.15, 0.2) is 60.9 Å². The Morgan fingerprint density at radius 3 is 2.71 bits per heavy atom. The number of aromatic nitrogens is 4. The lowest BCUT2D eigenvalue weighted by Gasteiger charge is -2.12. The van der Waals surface area contributed by atoms with Gasteiger partial charge in [-0.1, -0.05) is 30.3 Å². The molecule has 8 heteroatoms. The number of hydrogen-bond donors (Lipinski definition) is 3. The van der Waals surface area contributed by atoms with Gasteiger partial charge in [0.1, 0.15) is 11.2 Å². The number of nitrogens with zero attached hydrogens (tertiary/aromatic N) is 3. The number of methoxy groups -OCH3 is 2. The number of aliphatic hydroxyl groups excluding tert-OH is 1. The summed E-state index contributed by atoms with van der Waals surface area (Å²) in [6.45, 7) is 1.07. The van der Waals surface area contributed by atoms with Crippen LogP contribution in [0.4, 0.5) is 0 Å². The van der Waals surface area contributed by atoms with E-state index in [4.69, 9.17) is 14.5 Å². The standard InChI is InChI=1S/C26H27N5O3/c1-31-15-19(24-21(31)12-23(33-2)26(30-24)34-3)20-11-18-17(9-10-28-25(18)29-20)13-27-14-22(32)16-7-5-4-6-8-16/h4-12,15,22,27,32H,13-14H2,1-3H3,(H,28,29). The molecule has 4 heterocycles. The molecule has 4 aromatic heterocycles. The Hall–Kier alpha value is -3.88. The number of hydrogen-bond acceptors (Lipinski definition) is 6. The van der Waals surface area contributed by atoms with E-state index in [2.05, 4.69) is 21.4 Å². The van der Waals surface area contributed by atoms with Crippen molar-refractivity contribution < 1.29 is 14.6 Å². The first-order chi connectivity index (χ1) is 16.6. The summed E-state index contributed by atoms with van der Waals surface area (Å²) in [7, 11) is 5.17. The van der Waals surface area contributed by atoms with E-state index in [1.165, 1.54) is 0 Å². The molecular formula is C26H27N5O3. The van der Waals surface area contributed by atoms with Gasteiger partial charge in [-0.3, -0.25) is 0 Å². The van der Waals surface area contributed by atoms with E-state index in [0.29, 0.717) is 24.7 Å². The lowest BCUT2D eigenvalue weighted by Crippen LogP contribution is -2.21. The normalized spacial score (nSPS) is 12.4. The molecule has 0 radical (unpaired) electrons. The van der Waals surface area contributed by atoms with Crippen molar-refractivity contribution in [1.82, 2.24) is 24.8 Å². The van der Waals surface area contributed by atoms with E-state index in [-0.39, 0.29) is 0 Å². The number of aromatic amines is 1. The van der Waals surface area contributed by atoms with Crippen molar-refractivity contribution in [2.24, 2.45) is 7.05 Å². The highest BCUT2D eigenvalue weighted by molar-refractivity contribution is 5.96. The second-order valence-corrected chi connectivity index (χ2v) is 8.19. The molecule has 0 amide bonds. The molecule has 0 saturated heterocycles. The largest absolute Gasteiger partial charge is 0.491 e. The Morgan fingerprint density at radius 1 is 1.12 bits per heavy atom. The molecule has 0 bridgehead atoms. The maximum Gasteiger partial charge on any atom is 0.257 e. The number of pyridine rings is 2. The van der Waals surface area contributed by atoms with E-state index >= 15 is 0 Å². The Bertz CT molecular complexity index is 1440. The molecule has 0 fully saturated rings. The number of H-pyrrole nitrogens is 1. The first-order valence-corrected chi connectivity index (χ1v) is 11.1. The van der Waals surface area contributed by atoms with Crippen molar-refractivity contribution in [2.75, 3.05) is 20.8 Å². The maximum atomic E-state index is 10.4. The average Bonchev–Trinajstić information content (AvgIpc) is 3.45. The molecule has 34 heavy (non-hydrogen) atoms. The van der Waals surface area contributed by atoms with Gasteiger partial charge in [0, 0.05) is 49.5 Å². The summed E-state index contributed by atoms with van der Waals surface area (Å²) in [5, 5.41) is 14.8. The van der Waals surface area contributed by atoms with Crippen molar-refractivity contribution in [2.45, 2.75) is 12.6 Å². The van der Waals surface area contributed by atoms with Gasteiger partial charge < -0.3 is 29.4 Å². The molecule has 174 valence electrons. The van der Waals surface area contributed by atoms with Crippen LogP contribution in [0, 0.1) is 0 Å². The first kappa shape index (κ1) is 21.9. The highest BCUT2D eigenvalue weighted by Crippen LogP contribution is 2.36. The van der Waals surface area contributed by atoms with Crippen LogP contribution < -0.4 is 14.8 Å². The summed E-state index contributed by atoms with van der Waals surface area (Å²) in [6, 6.07) is 15.7. The van der Waals surface area contributed by atoms with E-state index < -0.39 is 6.10 Å². The Balaban J connectivity index is 1.44. The minimum atomic E-state index is -0.561. The molecule has 0 spiro atoms. The summed E-state index contributed by atoms with van der Waals surface area (Å²) in [5.74, 6) is 1.03. The quantitative estimate of drug-likeness (QED) is 0.326. The Labute approximate surface area is 197 Å². The second kappa shape index (κ2) is 9.17. The molecule has 0 saturated carbocycles. The molecule has 0 aliphatic heterocycles. The van der Waals surface area contributed by atoms with Crippen molar-refractivity contribution >= 4 is 22.1 Å². The van der Waals surface area contributed by atoms with Crippen LogP contribution >= 0.6 is 0 Å². The van der Waals surface area contributed by atoms with Gasteiger partial charge in [-0.05, 0) is 23.3 Å². The molecule has 1 aromatic carbocycles. The topological polar surface area (TPSA) is 97.2 Å². The SMILES string of the molecule is COc1cc2c(nc1OC)c(-c1cc3c(CNCC(O)c4ccccc4)ccnc3[nH]1)cn2C. The van der Waals surface area contributed by atoms with Gasteiger partial charge in [0.15, 0.2) is 5.75 Å². The molecule has 0 aliphatic rings. The number of aliphatic hydroxyl groups is 1. The third-order valence-electron chi connectivity index (χ3n) is 6.06. The third-order valence-corrected chi connectivity index (χ3v) is 6.06. The molecule has 5 aromatic rings. The number of nitrogens with one attached hydrogen (secondary N) is 2. The number of benzene rings is 1. The van der Waals surface area contributed by atoms with Crippen LogP contribution in [0.25, 0.3) is 33.3 Å². The van der Waals surface area contributed by atoms with Crippen molar-refractivity contribution in [3.05, 3.63) is 72.1 Å². The summed E-state index contributed by atoms with van der Waals surface area (Å²) >= 11 is 0. The summed E-state index contributed by atoms with van der Waals surface area (Å²) < 4.78 is 12.9. The van der Waals surface area contributed by atoms with Crippen LogP contribution in [0.1, 0.15) is 17.2 Å². The highest BCUT2D eigenvalue weighted by atomic mass is 16.5. The predicted molar refractivity (Wildman–Crippen MR) is 132 cm³/mol. The number of aryl methyl sites for hydroxylation is 1. The van der Waals surface area contributed by atoms with Crippen LogP contribution in [0.2, 0.25) is 0 Å². The lowest BCUT2D eigenvalue weighted by molar-refractivity contribution is 0.174. The third kappa shape index (κ3) is 3.98. The molecule has 1 unspecified atom stereocenters. The zero-order valence-corrected chi connectivity index (χ0v) is 19.4. The van der Waals surface area contributed by atoms with E-state index in [1.807, 2.05) is 60.3 Å². The Morgan fingerprint density at radius 2 is 1.94 bits per heavy atom. The molecule has 5 rings (SSSR count). The van der Waals surface area contributed by atoms with Gasteiger partial charge in [0.05, 0.1) is 31.5 Å². The van der Waals surface area contributed by atoms with Crippen LogP contribution in [0.5, 0.6) is 11.6 Å². The first-order valence-electron chi connectivity index (χ1n) is 11.1. The zero-order chi connectivity index (χ0) is 23.7. The average molecular weight is 458 g/mol. The minimum absolute atomic E-state index is 0.443. The van der Waals surface area contributed by atoms with Crippen molar-refractivity contribution in [1.29, 1.82) is 0 Å². The monoisotopic (exact) mass is 457 g/mol. The maximum absolute atomic E-state index is 10.4. The molecule has 1 atom stereocenters. The van der Waals surface area contributed by atoms with Gasteiger partial charge in [0.25, 0.3) is 5.88 Å². The second-order valence-electron chi connectivity index (χ2n) is 8.19. The van der Waals surface area contributed by atoms with Crippen LogP contribution in [-0.4, -0.2) is 45.4 Å². The minimum Gasteiger partial charge on any atom is -0.491 e. The molecule has 3 N–H and O–H groups in total. The van der Waals surface area contributed by atoms with E-state index in [9.17, 15) is 5.11 Å². The summed E-state index contributed by atoms with van der Waals surface area (Å²) in [5.41, 5.74) is 6.43. The summed E-state index contributed by atoms with van der Waals surface area (Å²) in [6.07, 6.45) is 3.27. The van der Waals surface area contributed by atoms with Gasteiger partial charge >= 0.3 is 0 Å². The van der Waals surface area contributed by atoms with Crippen molar-refractivity contribution in [3.8, 4) is 22.9 Å². The fourth-order valence-corrected chi connectivity index (χ4v) is 4.27. The fourth-order valence-electron chi connectivity index (χ4n) is 4.27. The lowest BCUT2D eigenvalue weighted by atomic mass is 10.1. The molecule has 8 nitrogen and oxygen atoms in total. The molecular weight excluding hydrogens is 430 g/mol. The zero-order valence-electron chi connectivity index (χ0n) is 19.4. The van der Waals surface area contributed by atoms with Crippen LogP contribution in [0.3, 0.4) is 0 Å². The van der Waals surface area contributed by atoms with Crippen LogP contribution in [-0.2, 0) is 13.6 Å². The van der Waals surface area contributed by atoms with Gasteiger partial charge in [0.2, 0.25) is 0 Å². The highest BCUT2D eigenvalue weighted by Gasteiger charge is 2.18. The number of ether oxygens (including phenoxy) is 2. The van der Waals surface area contributed by atoms with Gasteiger partial charge in [-0.2, -0.15) is 0 Å². The van der Waals surface area contributed by atoms with Crippen molar-refractivity contribution in [3.63, 3.8) is 0 Å². The van der Waals surface area contributed by atoms with Gasteiger partial charge in [-0.25, -0.2) is 9.97 Å². The van der Waals surface area contributed by atoms with Gasteiger partial charge in [-0.15, -0.1) is 0 Å². The Kier molecular flexibility index (Phi) is 5.91. The number of fused-ring (bicyclic) bond motifs is 2.